The molecule has 1 saturated carbocycles. The molecule has 1 atom stereocenters. The summed E-state index contributed by atoms with van der Waals surface area (Å²) in [6.07, 6.45) is 1.82. The van der Waals surface area contributed by atoms with Crippen LogP contribution in [0.15, 0.2) is 35.1 Å². The highest BCUT2D eigenvalue weighted by Crippen LogP contribution is 2.51. The van der Waals surface area contributed by atoms with Gasteiger partial charge in [-0.3, -0.25) is 9.40 Å². The van der Waals surface area contributed by atoms with Crippen LogP contribution in [-0.4, -0.2) is 38.4 Å². The zero-order chi connectivity index (χ0) is 19.0. The van der Waals surface area contributed by atoms with E-state index in [0.29, 0.717) is 36.1 Å². The third-order valence-corrected chi connectivity index (χ3v) is 5.96. The summed E-state index contributed by atoms with van der Waals surface area (Å²) in [6, 6.07) is 5.44. The van der Waals surface area contributed by atoms with Gasteiger partial charge in [-0.25, -0.2) is 13.0 Å². The Morgan fingerprint density at radius 3 is 2.89 bits per heavy atom. The topological polar surface area (TPSA) is 82.2 Å². The van der Waals surface area contributed by atoms with Crippen molar-refractivity contribution in [2.75, 3.05) is 17.6 Å². The smallest absolute Gasteiger partial charge is 0.245 e. The van der Waals surface area contributed by atoms with Crippen LogP contribution in [0.4, 0.5) is 14.6 Å². The monoisotopic (exact) mass is 396 g/mol. The lowest BCUT2D eigenvalue weighted by Gasteiger charge is -2.13. The van der Waals surface area contributed by atoms with Crippen LogP contribution in [0.2, 0.25) is 0 Å². The van der Waals surface area contributed by atoms with Crippen LogP contribution in [0, 0.1) is 5.41 Å². The molecule has 1 unspecified atom stereocenters. The van der Waals surface area contributed by atoms with Crippen molar-refractivity contribution < 1.29 is 22.2 Å². The number of ether oxygens (including phenoxy) is 1. The number of hydrogen-bond donors (Lipinski definition) is 1. The van der Waals surface area contributed by atoms with Gasteiger partial charge in [0.1, 0.15) is 22.1 Å². The Labute approximate surface area is 156 Å². The fraction of sp³-hybridized carbons (Fsp3) is 0.412. The highest BCUT2D eigenvalue weighted by atomic mass is 32.2. The second kappa shape index (κ2) is 6.91. The van der Waals surface area contributed by atoms with Crippen LogP contribution >= 0.6 is 0 Å². The summed E-state index contributed by atoms with van der Waals surface area (Å²) < 4.78 is 53.7. The predicted octanol–water partition coefficient (Wildman–Crippen LogP) is 3.20. The van der Waals surface area contributed by atoms with E-state index in [-0.39, 0.29) is 11.6 Å². The highest BCUT2D eigenvalue weighted by molar-refractivity contribution is 7.86. The Morgan fingerprint density at radius 2 is 2.26 bits per heavy atom. The largest absolute Gasteiger partial charge is 0.496 e. The van der Waals surface area contributed by atoms with Crippen LogP contribution in [0.1, 0.15) is 18.4 Å². The number of rotatable bonds is 8. The van der Waals surface area contributed by atoms with Gasteiger partial charge in [-0.05, 0) is 36.6 Å². The van der Waals surface area contributed by atoms with Crippen molar-refractivity contribution in [2.45, 2.75) is 25.8 Å². The molecule has 27 heavy (non-hydrogen) atoms. The molecule has 0 radical (unpaired) electrons. The number of nitrogens with one attached hydrogen (secondary N) is 1. The average Bonchev–Trinajstić information content (AvgIpc) is 3.05. The zero-order valence-corrected chi connectivity index (χ0v) is 15.3. The van der Waals surface area contributed by atoms with E-state index in [9.17, 15) is 13.0 Å². The van der Waals surface area contributed by atoms with Gasteiger partial charge in [0.05, 0.1) is 19.4 Å². The van der Waals surface area contributed by atoms with Crippen LogP contribution < -0.4 is 9.46 Å². The summed E-state index contributed by atoms with van der Waals surface area (Å²) in [5.41, 5.74) is 0.200. The van der Waals surface area contributed by atoms with Crippen LogP contribution in [0.3, 0.4) is 0 Å². The molecule has 2 aromatic heterocycles. The lowest BCUT2D eigenvalue weighted by molar-refractivity contribution is 0.0743. The van der Waals surface area contributed by atoms with Crippen molar-refractivity contribution in [2.24, 2.45) is 5.41 Å². The van der Waals surface area contributed by atoms with E-state index in [0.717, 1.165) is 5.56 Å². The third-order valence-electron chi connectivity index (χ3n) is 4.71. The molecule has 0 spiro atoms. The second-order valence-corrected chi connectivity index (χ2v) is 7.84. The molecule has 1 N–H and O–H groups in total. The summed E-state index contributed by atoms with van der Waals surface area (Å²) in [5.74, 6) is 0.583. The number of hydrogen-bond acceptors (Lipinski definition) is 5. The number of benzene rings is 1. The molecule has 1 aliphatic carbocycles. The zero-order valence-electron chi connectivity index (χ0n) is 14.5. The van der Waals surface area contributed by atoms with E-state index in [1.165, 1.54) is 7.11 Å². The molecule has 144 valence electrons. The molecule has 1 aromatic carbocycles. The molecule has 1 fully saturated rings. The van der Waals surface area contributed by atoms with Crippen molar-refractivity contribution in [1.29, 1.82) is 0 Å². The summed E-state index contributed by atoms with van der Waals surface area (Å²) in [4.78, 5) is 0. The SMILES string of the molecule is COc1cc(Cn2cccn2)cc2onc(NS(=O)CC3(C(F)F)CC3)c12. The standard InChI is InChI=1S/C17H18F2N4O3S/c1-25-12-7-11(9-23-6-2-5-20-23)8-13-14(12)15(21-26-13)22-27(24)10-17(3-4-17)16(18)19/h2,5-8,16H,3-4,9-10H2,1H3,(H,21,22). The molecule has 10 heteroatoms. The molecule has 0 aliphatic heterocycles. The molecular formula is C17H18F2N4O3S. The van der Waals surface area contributed by atoms with Gasteiger partial charge in [-0.15, -0.1) is 0 Å². The maximum Gasteiger partial charge on any atom is 0.245 e. The van der Waals surface area contributed by atoms with Crippen molar-refractivity contribution >= 4 is 27.8 Å². The molecule has 4 rings (SSSR count). The summed E-state index contributed by atoms with van der Waals surface area (Å²) in [6.45, 7) is 0.519. The Balaban J connectivity index is 1.58. The van der Waals surface area contributed by atoms with E-state index in [1.54, 1.807) is 16.9 Å². The van der Waals surface area contributed by atoms with Gasteiger partial charge in [0.25, 0.3) is 0 Å². The number of halogens is 2. The van der Waals surface area contributed by atoms with E-state index in [4.69, 9.17) is 9.26 Å². The minimum atomic E-state index is -2.48. The van der Waals surface area contributed by atoms with Gasteiger partial charge >= 0.3 is 0 Å². The van der Waals surface area contributed by atoms with E-state index in [2.05, 4.69) is 15.0 Å². The minimum absolute atomic E-state index is 0.126. The fourth-order valence-corrected chi connectivity index (χ4v) is 4.35. The first-order chi connectivity index (χ1) is 13.0. The number of fused-ring (bicyclic) bond motifs is 1. The van der Waals surface area contributed by atoms with E-state index < -0.39 is 22.8 Å². The first-order valence-corrected chi connectivity index (χ1v) is 9.69. The van der Waals surface area contributed by atoms with E-state index in [1.807, 2.05) is 18.3 Å². The van der Waals surface area contributed by atoms with Crippen molar-refractivity contribution in [3.05, 3.63) is 36.2 Å². The Kier molecular flexibility index (Phi) is 4.58. The molecule has 1 aliphatic rings. The minimum Gasteiger partial charge on any atom is -0.496 e. The Hall–Kier alpha value is -2.49. The van der Waals surface area contributed by atoms with Gasteiger partial charge in [0, 0.05) is 17.8 Å². The third kappa shape index (κ3) is 3.53. The summed E-state index contributed by atoms with van der Waals surface area (Å²) >= 11 is 0. The quantitative estimate of drug-likeness (QED) is 0.632. The highest BCUT2D eigenvalue weighted by Gasteiger charge is 2.52. The molecule has 2 heterocycles. The van der Waals surface area contributed by atoms with Gasteiger partial charge in [0.15, 0.2) is 11.4 Å². The molecule has 7 nitrogen and oxygen atoms in total. The molecule has 0 bridgehead atoms. The van der Waals surface area contributed by atoms with Gasteiger partial charge < -0.3 is 9.26 Å². The van der Waals surface area contributed by atoms with Gasteiger partial charge in [0.2, 0.25) is 6.43 Å². The lowest BCUT2D eigenvalue weighted by Crippen LogP contribution is -2.24. The number of anilines is 1. The number of aromatic nitrogens is 3. The summed E-state index contributed by atoms with van der Waals surface area (Å²) in [5, 5.41) is 8.59. The predicted molar refractivity (Wildman–Crippen MR) is 96.2 cm³/mol. The molecule has 0 saturated heterocycles. The first-order valence-electron chi connectivity index (χ1n) is 8.38. The van der Waals surface area contributed by atoms with E-state index >= 15 is 0 Å². The normalized spacial score (nSPS) is 16.6. The van der Waals surface area contributed by atoms with Gasteiger partial charge in [-0.1, -0.05) is 5.16 Å². The van der Waals surface area contributed by atoms with Crippen molar-refractivity contribution in [1.82, 2.24) is 14.9 Å². The maximum atomic E-state index is 13.1. The van der Waals surface area contributed by atoms with Crippen LogP contribution in [0.25, 0.3) is 11.0 Å². The van der Waals surface area contributed by atoms with Crippen molar-refractivity contribution in [3.8, 4) is 5.75 Å². The van der Waals surface area contributed by atoms with Crippen LogP contribution in [0.5, 0.6) is 5.75 Å². The molecular weight excluding hydrogens is 378 g/mol. The molecule has 0 amide bonds. The second-order valence-electron chi connectivity index (χ2n) is 6.66. The average molecular weight is 396 g/mol. The Morgan fingerprint density at radius 1 is 1.44 bits per heavy atom. The Bertz CT molecular complexity index is 970. The van der Waals surface area contributed by atoms with Crippen LogP contribution in [-0.2, 0) is 17.5 Å². The number of nitrogens with zero attached hydrogens (tertiary/aromatic N) is 3. The first kappa shape index (κ1) is 17.9. The number of alkyl halides is 2. The maximum absolute atomic E-state index is 13.1. The lowest BCUT2D eigenvalue weighted by atomic mass is 10.1. The summed E-state index contributed by atoms with van der Waals surface area (Å²) in [7, 11) is -0.187. The van der Waals surface area contributed by atoms with Gasteiger partial charge in [-0.2, -0.15) is 5.10 Å². The number of methoxy groups -OCH3 is 1. The molecule has 3 aromatic rings. The van der Waals surface area contributed by atoms with Crippen molar-refractivity contribution in [3.63, 3.8) is 0 Å². The fourth-order valence-electron chi connectivity index (χ4n) is 2.98.